The van der Waals surface area contributed by atoms with Gasteiger partial charge in [0, 0.05) is 5.92 Å². The molecule has 0 unspecified atom stereocenters. The van der Waals surface area contributed by atoms with Gasteiger partial charge in [-0.25, -0.2) is 27.9 Å². The SMILES string of the molecule is NS(=O)(=O)[C@H]1CCCC[C@H]1c1ncc(F)cn1. The predicted octanol–water partition coefficient (Wildman–Crippen LogP) is 0.930. The molecule has 1 fully saturated rings. The van der Waals surface area contributed by atoms with Crippen LogP contribution in [0.3, 0.4) is 0 Å². The molecule has 0 spiro atoms. The van der Waals surface area contributed by atoms with Gasteiger partial charge in [0.25, 0.3) is 0 Å². The number of halogens is 1. The predicted molar refractivity (Wildman–Crippen MR) is 60.1 cm³/mol. The molecule has 7 heteroatoms. The molecule has 1 aromatic rings. The largest absolute Gasteiger partial charge is 0.238 e. The van der Waals surface area contributed by atoms with E-state index in [1.54, 1.807) is 0 Å². The quantitative estimate of drug-likeness (QED) is 0.856. The van der Waals surface area contributed by atoms with Crippen LogP contribution in [-0.4, -0.2) is 23.6 Å². The van der Waals surface area contributed by atoms with Gasteiger partial charge in [0.05, 0.1) is 17.6 Å². The van der Waals surface area contributed by atoms with Crippen molar-refractivity contribution in [2.45, 2.75) is 36.9 Å². The average Bonchev–Trinajstić information content (AvgIpc) is 2.29. The lowest BCUT2D eigenvalue weighted by molar-refractivity contribution is 0.419. The van der Waals surface area contributed by atoms with E-state index in [0.717, 1.165) is 25.2 Å². The van der Waals surface area contributed by atoms with Crippen LogP contribution < -0.4 is 5.14 Å². The van der Waals surface area contributed by atoms with Gasteiger partial charge in [0.15, 0.2) is 5.82 Å². The molecule has 0 aromatic carbocycles. The standard InChI is InChI=1S/C10H14FN3O2S/c11-7-5-13-10(14-6-7)8-3-1-2-4-9(8)17(12,15)16/h5-6,8-9H,1-4H2,(H2,12,15,16)/t8-,9+/m1/s1. The molecule has 1 aliphatic rings. The van der Waals surface area contributed by atoms with Crippen LogP contribution in [0, 0.1) is 5.82 Å². The average molecular weight is 259 g/mol. The van der Waals surface area contributed by atoms with Crippen LogP contribution in [0.5, 0.6) is 0 Å². The Bertz CT molecular complexity index is 489. The summed E-state index contributed by atoms with van der Waals surface area (Å²) in [5.74, 6) is -0.485. The van der Waals surface area contributed by atoms with E-state index in [9.17, 15) is 12.8 Å². The van der Waals surface area contributed by atoms with Gasteiger partial charge in [0.2, 0.25) is 10.0 Å². The highest BCUT2D eigenvalue weighted by molar-refractivity contribution is 7.89. The molecule has 1 aliphatic carbocycles. The molecule has 0 amide bonds. The lowest BCUT2D eigenvalue weighted by atomic mass is 9.88. The summed E-state index contributed by atoms with van der Waals surface area (Å²) in [4.78, 5) is 7.72. The first-order valence-corrected chi connectivity index (χ1v) is 7.08. The molecule has 1 saturated carbocycles. The van der Waals surface area contributed by atoms with Crippen molar-refractivity contribution in [2.75, 3.05) is 0 Å². The summed E-state index contributed by atoms with van der Waals surface area (Å²) >= 11 is 0. The van der Waals surface area contributed by atoms with Crippen molar-refractivity contribution in [2.24, 2.45) is 5.14 Å². The number of sulfonamides is 1. The first-order valence-electron chi connectivity index (χ1n) is 5.47. The van der Waals surface area contributed by atoms with Gasteiger partial charge in [-0.15, -0.1) is 0 Å². The minimum absolute atomic E-state index is 0.320. The second-order valence-electron chi connectivity index (χ2n) is 4.28. The van der Waals surface area contributed by atoms with Crippen LogP contribution >= 0.6 is 0 Å². The van der Waals surface area contributed by atoms with E-state index >= 15 is 0 Å². The zero-order valence-corrected chi connectivity index (χ0v) is 10.0. The second kappa shape index (κ2) is 4.66. The zero-order chi connectivity index (χ0) is 12.5. The Labute approximate surface area is 99.3 Å². The molecular formula is C10H14FN3O2S. The van der Waals surface area contributed by atoms with Gasteiger partial charge >= 0.3 is 0 Å². The van der Waals surface area contributed by atoms with Crippen LogP contribution in [0.25, 0.3) is 0 Å². The van der Waals surface area contributed by atoms with Crippen molar-refractivity contribution >= 4 is 10.0 Å². The topological polar surface area (TPSA) is 85.9 Å². The molecule has 0 aliphatic heterocycles. The second-order valence-corrected chi connectivity index (χ2v) is 6.06. The third-order valence-corrected chi connectivity index (χ3v) is 4.50. The molecule has 2 rings (SSSR count). The molecule has 0 radical (unpaired) electrons. The van der Waals surface area contributed by atoms with E-state index in [2.05, 4.69) is 9.97 Å². The summed E-state index contributed by atoms with van der Waals surface area (Å²) in [6.45, 7) is 0. The van der Waals surface area contributed by atoms with Crippen LogP contribution in [0.4, 0.5) is 4.39 Å². The van der Waals surface area contributed by atoms with Crippen molar-refractivity contribution in [1.29, 1.82) is 0 Å². The maximum atomic E-state index is 12.7. The van der Waals surface area contributed by atoms with Crippen LogP contribution in [0.15, 0.2) is 12.4 Å². The van der Waals surface area contributed by atoms with Crippen molar-refractivity contribution in [3.8, 4) is 0 Å². The zero-order valence-electron chi connectivity index (χ0n) is 9.21. The smallest absolute Gasteiger partial charge is 0.212 e. The molecule has 1 aromatic heterocycles. The Morgan fingerprint density at radius 1 is 1.24 bits per heavy atom. The highest BCUT2D eigenvalue weighted by Gasteiger charge is 2.35. The molecule has 2 N–H and O–H groups in total. The van der Waals surface area contributed by atoms with Gasteiger partial charge in [-0.05, 0) is 12.8 Å². The fourth-order valence-corrected chi connectivity index (χ4v) is 3.51. The maximum Gasteiger partial charge on any atom is 0.212 e. The van der Waals surface area contributed by atoms with Crippen LogP contribution in [0.2, 0.25) is 0 Å². The summed E-state index contributed by atoms with van der Waals surface area (Å²) in [5, 5.41) is 4.56. The minimum Gasteiger partial charge on any atom is -0.238 e. The van der Waals surface area contributed by atoms with Gasteiger partial charge < -0.3 is 0 Å². The van der Waals surface area contributed by atoms with E-state index < -0.39 is 21.1 Å². The monoisotopic (exact) mass is 259 g/mol. The fourth-order valence-electron chi connectivity index (χ4n) is 2.30. The Morgan fingerprint density at radius 2 is 1.82 bits per heavy atom. The van der Waals surface area contributed by atoms with Gasteiger partial charge in [-0.3, -0.25) is 0 Å². The van der Waals surface area contributed by atoms with Crippen molar-refractivity contribution < 1.29 is 12.8 Å². The van der Waals surface area contributed by atoms with Crippen molar-refractivity contribution in [1.82, 2.24) is 9.97 Å². The van der Waals surface area contributed by atoms with E-state index in [1.165, 1.54) is 0 Å². The molecule has 0 bridgehead atoms. The Balaban J connectivity index is 2.31. The van der Waals surface area contributed by atoms with Gasteiger partial charge in [0.1, 0.15) is 5.82 Å². The van der Waals surface area contributed by atoms with Crippen LogP contribution in [-0.2, 0) is 10.0 Å². The molecule has 5 nitrogen and oxygen atoms in total. The molecule has 17 heavy (non-hydrogen) atoms. The molecular weight excluding hydrogens is 245 g/mol. The lowest BCUT2D eigenvalue weighted by Gasteiger charge is -2.28. The Morgan fingerprint density at radius 3 is 2.41 bits per heavy atom. The minimum atomic E-state index is -3.61. The summed E-state index contributed by atoms with van der Waals surface area (Å²) in [7, 11) is -3.61. The molecule has 1 heterocycles. The highest BCUT2D eigenvalue weighted by atomic mass is 32.2. The number of hydrogen-bond donors (Lipinski definition) is 1. The number of hydrogen-bond acceptors (Lipinski definition) is 4. The van der Waals surface area contributed by atoms with E-state index in [0.29, 0.717) is 18.7 Å². The maximum absolute atomic E-state index is 12.7. The number of nitrogens with two attached hydrogens (primary N) is 1. The van der Waals surface area contributed by atoms with Crippen molar-refractivity contribution in [3.63, 3.8) is 0 Å². The third-order valence-electron chi connectivity index (χ3n) is 3.10. The highest BCUT2D eigenvalue weighted by Crippen LogP contribution is 2.34. The Hall–Kier alpha value is -1.08. The fraction of sp³-hybridized carbons (Fsp3) is 0.600. The van der Waals surface area contributed by atoms with E-state index in [4.69, 9.17) is 5.14 Å². The molecule has 2 atom stereocenters. The van der Waals surface area contributed by atoms with Crippen LogP contribution in [0.1, 0.15) is 37.4 Å². The van der Waals surface area contributed by atoms with Crippen molar-refractivity contribution in [3.05, 3.63) is 24.0 Å². The number of primary sulfonamides is 1. The Kier molecular flexibility index (Phi) is 3.39. The van der Waals surface area contributed by atoms with Gasteiger partial charge in [-0.1, -0.05) is 12.8 Å². The number of aromatic nitrogens is 2. The number of nitrogens with zero attached hydrogens (tertiary/aromatic N) is 2. The molecule has 94 valence electrons. The summed E-state index contributed by atoms with van der Waals surface area (Å²) in [5.41, 5.74) is 0. The van der Waals surface area contributed by atoms with Gasteiger partial charge in [-0.2, -0.15) is 0 Å². The van der Waals surface area contributed by atoms with E-state index in [1.807, 2.05) is 0 Å². The normalized spacial score (nSPS) is 25.8. The summed E-state index contributed by atoms with van der Waals surface area (Å²) in [6, 6.07) is 0. The third kappa shape index (κ3) is 2.78. The van der Waals surface area contributed by atoms with E-state index in [-0.39, 0.29) is 5.92 Å². The summed E-state index contributed by atoms with van der Waals surface area (Å²) < 4.78 is 35.7. The lowest BCUT2D eigenvalue weighted by Crippen LogP contribution is -2.36. The molecule has 0 saturated heterocycles. The first-order chi connectivity index (χ1) is 7.98. The first kappa shape index (κ1) is 12.4. The summed E-state index contributed by atoms with van der Waals surface area (Å²) in [6.07, 6.45) is 5.04. The number of rotatable bonds is 2.